The Morgan fingerprint density at radius 3 is 2.82 bits per heavy atom. The van der Waals surface area contributed by atoms with Crippen LogP contribution in [-0.4, -0.2) is 6.04 Å². The van der Waals surface area contributed by atoms with E-state index in [9.17, 15) is 4.39 Å². The molecule has 3 unspecified atom stereocenters. The Bertz CT molecular complexity index is 364. The van der Waals surface area contributed by atoms with Crippen molar-refractivity contribution in [3.05, 3.63) is 35.6 Å². The van der Waals surface area contributed by atoms with Crippen LogP contribution in [-0.2, 0) is 6.42 Å². The maximum Gasteiger partial charge on any atom is 0.126 e. The first kappa shape index (κ1) is 12.6. The number of benzene rings is 1. The van der Waals surface area contributed by atoms with Gasteiger partial charge in [-0.15, -0.1) is 0 Å². The lowest BCUT2D eigenvalue weighted by Gasteiger charge is -2.31. The van der Waals surface area contributed by atoms with Gasteiger partial charge in [0.05, 0.1) is 0 Å². The quantitative estimate of drug-likeness (QED) is 0.852. The molecule has 1 aromatic carbocycles. The SMILES string of the molecule is CC1CCCC(C(N)Cc2ccccc2F)C1. The molecule has 1 fully saturated rings. The first-order valence-corrected chi connectivity index (χ1v) is 6.66. The van der Waals surface area contributed by atoms with E-state index in [0.717, 1.165) is 11.5 Å². The second-order valence-corrected chi connectivity index (χ2v) is 5.49. The largest absolute Gasteiger partial charge is 0.327 e. The van der Waals surface area contributed by atoms with Crippen LogP contribution >= 0.6 is 0 Å². The molecule has 2 N–H and O–H groups in total. The third-order valence-corrected chi connectivity index (χ3v) is 4.00. The van der Waals surface area contributed by atoms with Crippen LogP contribution in [0.25, 0.3) is 0 Å². The maximum absolute atomic E-state index is 13.5. The number of hydrogen-bond acceptors (Lipinski definition) is 1. The Morgan fingerprint density at radius 1 is 1.35 bits per heavy atom. The molecule has 1 saturated carbocycles. The molecule has 1 nitrogen and oxygen atoms in total. The maximum atomic E-state index is 13.5. The normalized spacial score (nSPS) is 26.8. The Morgan fingerprint density at radius 2 is 2.12 bits per heavy atom. The summed E-state index contributed by atoms with van der Waals surface area (Å²) in [5.74, 6) is 1.23. The van der Waals surface area contributed by atoms with Gasteiger partial charge in [-0.2, -0.15) is 0 Å². The fourth-order valence-corrected chi connectivity index (χ4v) is 2.95. The highest BCUT2D eigenvalue weighted by Crippen LogP contribution is 2.31. The predicted octanol–water partition coefficient (Wildman–Crippen LogP) is 3.52. The highest BCUT2D eigenvalue weighted by atomic mass is 19.1. The van der Waals surface area contributed by atoms with Crippen LogP contribution in [0.15, 0.2) is 24.3 Å². The standard InChI is InChI=1S/C15H22FN/c1-11-5-4-7-13(9-11)15(17)10-12-6-2-3-8-14(12)16/h2-3,6,8,11,13,15H,4-5,7,9-10,17H2,1H3. The van der Waals surface area contributed by atoms with Gasteiger partial charge in [0.2, 0.25) is 0 Å². The minimum Gasteiger partial charge on any atom is -0.327 e. The van der Waals surface area contributed by atoms with Crippen LogP contribution in [0, 0.1) is 17.7 Å². The molecule has 0 aliphatic heterocycles. The monoisotopic (exact) mass is 235 g/mol. The Hall–Kier alpha value is -0.890. The fourth-order valence-electron chi connectivity index (χ4n) is 2.95. The summed E-state index contributed by atoms with van der Waals surface area (Å²) in [6.45, 7) is 2.29. The van der Waals surface area contributed by atoms with Gasteiger partial charge in [-0.1, -0.05) is 38.0 Å². The Balaban J connectivity index is 1.96. The summed E-state index contributed by atoms with van der Waals surface area (Å²) in [6, 6.07) is 7.09. The van der Waals surface area contributed by atoms with Crippen molar-refractivity contribution in [3.8, 4) is 0 Å². The lowest BCUT2D eigenvalue weighted by molar-refractivity contribution is 0.244. The lowest BCUT2D eigenvalue weighted by atomic mass is 9.77. The van der Waals surface area contributed by atoms with Crippen molar-refractivity contribution in [3.63, 3.8) is 0 Å². The zero-order valence-corrected chi connectivity index (χ0v) is 10.5. The third kappa shape index (κ3) is 3.29. The van der Waals surface area contributed by atoms with Gasteiger partial charge in [0.15, 0.2) is 0 Å². The van der Waals surface area contributed by atoms with Crippen LogP contribution in [0.5, 0.6) is 0 Å². The molecular formula is C15H22FN. The van der Waals surface area contributed by atoms with Crippen molar-refractivity contribution in [2.24, 2.45) is 17.6 Å². The number of hydrogen-bond donors (Lipinski definition) is 1. The van der Waals surface area contributed by atoms with Gasteiger partial charge in [0.1, 0.15) is 5.82 Å². The summed E-state index contributed by atoms with van der Waals surface area (Å²) in [5, 5.41) is 0. The van der Waals surface area contributed by atoms with E-state index in [1.165, 1.54) is 31.7 Å². The number of nitrogens with two attached hydrogens (primary N) is 1. The summed E-state index contributed by atoms with van der Waals surface area (Å²) in [5.41, 5.74) is 7.01. The van der Waals surface area contributed by atoms with E-state index < -0.39 is 0 Å². The van der Waals surface area contributed by atoms with Gasteiger partial charge in [-0.05, 0) is 42.7 Å². The topological polar surface area (TPSA) is 26.0 Å². The average molecular weight is 235 g/mol. The molecule has 0 heterocycles. The minimum absolute atomic E-state index is 0.106. The van der Waals surface area contributed by atoms with Gasteiger partial charge in [-0.3, -0.25) is 0 Å². The summed E-state index contributed by atoms with van der Waals surface area (Å²) in [4.78, 5) is 0. The summed E-state index contributed by atoms with van der Waals surface area (Å²) in [6.07, 6.45) is 5.68. The van der Waals surface area contributed by atoms with Crippen molar-refractivity contribution in [1.29, 1.82) is 0 Å². The smallest absolute Gasteiger partial charge is 0.126 e. The van der Waals surface area contributed by atoms with Crippen LogP contribution < -0.4 is 5.73 Å². The van der Waals surface area contributed by atoms with Crippen LogP contribution in [0.1, 0.15) is 38.2 Å². The molecule has 0 saturated heterocycles. The molecule has 0 radical (unpaired) electrons. The fraction of sp³-hybridized carbons (Fsp3) is 0.600. The molecular weight excluding hydrogens is 213 g/mol. The molecule has 2 heteroatoms. The van der Waals surface area contributed by atoms with Crippen LogP contribution in [0.2, 0.25) is 0 Å². The first-order chi connectivity index (χ1) is 8.16. The van der Waals surface area contributed by atoms with Crippen LogP contribution in [0.3, 0.4) is 0 Å². The number of rotatable bonds is 3. The van der Waals surface area contributed by atoms with E-state index in [1.807, 2.05) is 12.1 Å². The van der Waals surface area contributed by atoms with E-state index in [2.05, 4.69) is 6.92 Å². The molecule has 2 rings (SSSR count). The third-order valence-electron chi connectivity index (χ3n) is 4.00. The van der Waals surface area contributed by atoms with E-state index in [0.29, 0.717) is 12.3 Å². The summed E-state index contributed by atoms with van der Waals surface area (Å²) < 4.78 is 13.5. The van der Waals surface area contributed by atoms with Gasteiger partial charge in [-0.25, -0.2) is 4.39 Å². The lowest BCUT2D eigenvalue weighted by Crippen LogP contribution is -2.35. The summed E-state index contributed by atoms with van der Waals surface area (Å²) >= 11 is 0. The zero-order chi connectivity index (χ0) is 12.3. The van der Waals surface area contributed by atoms with Crippen molar-refractivity contribution < 1.29 is 4.39 Å². The van der Waals surface area contributed by atoms with Crippen LogP contribution in [0.4, 0.5) is 4.39 Å². The molecule has 0 spiro atoms. The van der Waals surface area contributed by atoms with Gasteiger partial charge >= 0.3 is 0 Å². The van der Waals surface area contributed by atoms with Crippen molar-refractivity contribution in [1.82, 2.24) is 0 Å². The highest BCUT2D eigenvalue weighted by Gasteiger charge is 2.24. The molecule has 0 aromatic heterocycles. The molecule has 0 amide bonds. The second kappa shape index (κ2) is 5.63. The van der Waals surface area contributed by atoms with Crippen molar-refractivity contribution >= 4 is 0 Å². The van der Waals surface area contributed by atoms with Crippen molar-refractivity contribution in [2.45, 2.75) is 45.1 Å². The molecule has 17 heavy (non-hydrogen) atoms. The highest BCUT2D eigenvalue weighted by molar-refractivity contribution is 5.18. The molecule has 3 atom stereocenters. The predicted molar refractivity (Wildman–Crippen MR) is 69.2 cm³/mol. The van der Waals surface area contributed by atoms with Gasteiger partial charge in [0.25, 0.3) is 0 Å². The molecule has 0 bridgehead atoms. The summed E-state index contributed by atoms with van der Waals surface area (Å²) in [7, 11) is 0. The van der Waals surface area contributed by atoms with Crippen molar-refractivity contribution in [2.75, 3.05) is 0 Å². The molecule has 1 aliphatic carbocycles. The van der Waals surface area contributed by atoms with E-state index >= 15 is 0 Å². The Kier molecular flexibility index (Phi) is 4.16. The molecule has 1 aliphatic rings. The first-order valence-electron chi connectivity index (χ1n) is 6.66. The average Bonchev–Trinajstić information content (AvgIpc) is 2.32. The van der Waals surface area contributed by atoms with E-state index in [-0.39, 0.29) is 11.9 Å². The second-order valence-electron chi connectivity index (χ2n) is 5.49. The van der Waals surface area contributed by atoms with Gasteiger partial charge in [0, 0.05) is 6.04 Å². The number of halogens is 1. The zero-order valence-electron chi connectivity index (χ0n) is 10.5. The van der Waals surface area contributed by atoms with Gasteiger partial charge < -0.3 is 5.73 Å². The van der Waals surface area contributed by atoms with E-state index in [1.54, 1.807) is 6.07 Å². The van der Waals surface area contributed by atoms with E-state index in [4.69, 9.17) is 5.73 Å². The molecule has 94 valence electrons. The minimum atomic E-state index is -0.119. The molecule has 1 aromatic rings. The Labute approximate surface area is 103 Å².